The lowest BCUT2D eigenvalue weighted by molar-refractivity contribution is 0.0951. The van der Waals surface area contributed by atoms with E-state index in [1.165, 1.54) is 12.1 Å². The monoisotopic (exact) mass is 412 g/mol. The van der Waals surface area contributed by atoms with Gasteiger partial charge in [0.05, 0.1) is 10.6 Å². The Hall–Kier alpha value is -3.13. The van der Waals surface area contributed by atoms with Crippen molar-refractivity contribution in [2.24, 2.45) is 0 Å². The summed E-state index contributed by atoms with van der Waals surface area (Å²) < 4.78 is 29.9. The fourth-order valence-electron chi connectivity index (χ4n) is 2.87. The first-order chi connectivity index (χ1) is 13.9. The minimum Gasteiger partial charge on any atom is -0.352 e. The van der Waals surface area contributed by atoms with Crippen LogP contribution in [0.2, 0.25) is 0 Å². The summed E-state index contributed by atoms with van der Waals surface area (Å²) in [5.74, 6) is -0.295. The van der Waals surface area contributed by atoms with Crippen LogP contribution in [0.25, 0.3) is 0 Å². The van der Waals surface area contributed by atoms with Gasteiger partial charge in [-0.2, -0.15) is 5.10 Å². The normalized spacial score (nSPS) is 11.2. The SMILES string of the molecule is Cc1ccccc1NS(=O)(=O)c1ccc(C)c(C(=O)NCCCn2cccn2)c1. The molecule has 0 fully saturated rings. The van der Waals surface area contributed by atoms with Crippen LogP contribution in [0.5, 0.6) is 0 Å². The Bertz CT molecular complexity index is 1090. The van der Waals surface area contributed by atoms with E-state index in [4.69, 9.17) is 0 Å². The van der Waals surface area contributed by atoms with Crippen LogP contribution in [0.1, 0.15) is 27.9 Å². The van der Waals surface area contributed by atoms with Gasteiger partial charge in [-0.1, -0.05) is 24.3 Å². The second-order valence-electron chi connectivity index (χ2n) is 6.78. The molecule has 2 aromatic carbocycles. The van der Waals surface area contributed by atoms with Gasteiger partial charge >= 0.3 is 0 Å². The number of hydrogen-bond donors (Lipinski definition) is 2. The molecule has 152 valence electrons. The zero-order valence-corrected chi connectivity index (χ0v) is 17.2. The molecule has 0 radical (unpaired) electrons. The summed E-state index contributed by atoms with van der Waals surface area (Å²) in [5, 5.41) is 6.96. The third-order valence-electron chi connectivity index (χ3n) is 4.56. The zero-order chi connectivity index (χ0) is 20.9. The number of benzene rings is 2. The lowest BCUT2D eigenvalue weighted by Crippen LogP contribution is -2.26. The highest BCUT2D eigenvalue weighted by atomic mass is 32.2. The lowest BCUT2D eigenvalue weighted by Gasteiger charge is -2.13. The van der Waals surface area contributed by atoms with Gasteiger partial charge in [0, 0.05) is 31.0 Å². The molecule has 0 saturated carbocycles. The van der Waals surface area contributed by atoms with E-state index < -0.39 is 10.0 Å². The van der Waals surface area contributed by atoms with Gasteiger partial charge in [-0.15, -0.1) is 0 Å². The molecule has 0 aliphatic rings. The molecule has 7 nitrogen and oxygen atoms in total. The third kappa shape index (κ3) is 5.23. The molecule has 0 aliphatic carbocycles. The van der Waals surface area contributed by atoms with Crippen LogP contribution in [0, 0.1) is 13.8 Å². The molecule has 0 saturated heterocycles. The highest BCUT2D eigenvalue weighted by Gasteiger charge is 2.18. The van der Waals surface area contributed by atoms with Gasteiger partial charge in [0.1, 0.15) is 0 Å². The number of sulfonamides is 1. The van der Waals surface area contributed by atoms with E-state index in [0.717, 1.165) is 12.0 Å². The fraction of sp³-hybridized carbons (Fsp3) is 0.238. The minimum atomic E-state index is -3.80. The fourth-order valence-corrected chi connectivity index (χ4v) is 4.03. The summed E-state index contributed by atoms with van der Waals surface area (Å²) in [5.41, 5.74) is 2.39. The second-order valence-corrected chi connectivity index (χ2v) is 8.46. The maximum absolute atomic E-state index is 12.8. The molecule has 1 heterocycles. The van der Waals surface area contributed by atoms with Crippen LogP contribution >= 0.6 is 0 Å². The van der Waals surface area contributed by atoms with Crippen molar-refractivity contribution in [3.63, 3.8) is 0 Å². The third-order valence-corrected chi connectivity index (χ3v) is 5.93. The number of anilines is 1. The van der Waals surface area contributed by atoms with Gasteiger partial charge in [-0.05, 0) is 55.7 Å². The van der Waals surface area contributed by atoms with Gasteiger partial charge in [0.15, 0.2) is 0 Å². The van der Waals surface area contributed by atoms with Crippen LogP contribution < -0.4 is 10.0 Å². The topological polar surface area (TPSA) is 93.1 Å². The zero-order valence-electron chi connectivity index (χ0n) is 16.4. The molecule has 0 aliphatic heterocycles. The van der Waals surface area contributed by atoms with E-state index in [2.05, 4.69) is 15.1 Å². The van der Waals surface area contributed by atoms with Gasteiger partial charge in [-0.3, -0.25) is 14.2 Å². The molecule has 3 rings (SSSR count). The summed E-state index contributed by atoms with van der Waals surface area (Å²) in [6, 6.07) is 13.5. The number of rotatable bonds is 8. The van der Waals surface area contributed by atoms with Crippen molar-refractivity contribution in [1.29, 1.82) is 0 Å². The first-order valence-corrected chi connectivity index (χ1v) is 10.8. The van der Waals surface area contributed by atoms with E-state index >= 15 is 0 Å². The molecule has 8 heteroatoms. The molecule has 0 spiro atoms. The van der Waals surface area contributed by atoms with E-state index in [1.54, 1.807) is 36.0 Å². The Balaban J connectivity index is 1.69. The number of hydrogen-bond acceptors (Lipinski definition) is 4. The predicted molar refractivity (Wildman–Crippen MR) is 112 cm³/mol. The van der Waals surface area contributed by atoms with Crippen molar-refractivity contribution in [2.75, 3.05) is 11.3 Å². The highest BCUT2D eigenvalue weighted by Crippen LogP contribution is 2.21. The van der Waals surface area contributed by atoms with Crippen molar-refractivity contribution in [2.45, 2.75) is 31.7 Å². The van der Waals surface area contributed by atoms with Gasteiger partial charge in [0.2, 0.25) is 0 Å². The lowest BCUT2D eigenvalue weighted by atomic mass is 10.1. The van der Waals surface area contributed by atoms with Crippen LogP contribution in [-0.4, -0.2) is 30.7 Å². The smallest absolute Gasteiger partial charge is 0.261 e. The number of aryl methyl sites for hydroxylation is 3. The second kappa shape index (κ2) is 8.91. The highest BCUT2D eigenvalue weighted by molar-refractivity contribution is 7.92. The Morgan fingerprint density at radius 3 is 2.59 bits per heavy atom. The summed E-state index contributed by atoms with van der Waals surface area (Å²) in [6.45, 7) is 4.77. The van der Waals surface area contributed by atoms with E-state index in [0.29, 0.717) is 29.9 Å². The van der Waals surface area contributed by atoms with E-state index in [-0.39, 0.29) is 10.8 Å². The van der Waals surface area contributed by atoms with Gasteiger partial charge in [0.25, 0.3) is 15.9 Å². The molecule has 0 atom stereocenters. The van der Waals surface area contributed by atoms with Crippen molar-refractivity contribution in [3.8, 4) is 0 Å². The quantitative estimate of drug-likeness (QED) is 0.556. The van der Waals surface area contributed by atoms with Crippen LogP contribution in [0.4, 0.5) is 5.69 Å². The molecule has 0 unspecified atom stereocenters. The standard InChI is InChI=1S/C21H24N4O3S/c1-16-9-10-18(29(27,28)24-20-8-4-3-7-17(20)2)15-19(16)21(26)22-11-5-13-25-14-6-12-23-25/h3-4,6-10,12,14-15,24H,5,11,13H2,1-2H3,(H,22,26). The number of carbonyl (C=O) groups is 1. The maximum Gasteiger partial charge on any atom is 0.261 e. The van der Waals surface area contributed by atoms with Crippen LogP contribution in [0.15, 0.2) is 65.8 Å². The first-order valence-electron chi connectivity index (χ1n) is 9.31. The summed E-state index contributed by atoms with van der Waals surface area (Å²) in [6.07, 6.45) is 4.29. The van der Waals surface area contributed by atoms with Crippen molar-refractivity contribution >= 4 is 21.6 Å². The molecular weight excluding hydrogens is 388 g/mol. The van der Waals surface area contributed by atoms with Crippen LogP contribution in [-0.2, 0) is 16.6 Å². The van der Waals surface area contributed by atoms with E-state index in [9.17, 15) is 13.2 Å². The van der Waals surface area contributed by atoms with Crippen molar-refractivity contribution < 1.29 is 13.2 Å². The number of para-hydroxylation sites is 1. The predicted octanol–water partition coefficient (Wildman–Crippen LogP) is 3.12. The molecule has 1 amide bonds. The van der Waals surface area contributed by atoms with E-state index in [1.807, 2.05) is 31.3 Å². The van der Waals surface area contributed by atoms with Crippen molar-refractivity contribution in [3.05, 3.63) is 77.6 Å². The van der Waals surface area contributed by atoms with Gasteiger partial charge < -0.3 is 5.32 Å². The van der Waals surface area contributed by atoms with Crippen LogP contribution in [0.3, 0.4) is 0 Å². The summed E-state index contributed by atoms with van der Waals surface area (Å²) in [4.78, 5) is 12.6. The summed E-state index contributed by atoms with van der Waals surface area (Å²) >= 11 is 0. The van der Waals surface area contributed by atoms with Crippen molar-refractivity contribution in [1.82, 2.24) is 15.1 Å². The molecule has 1 aromatic heterocycles. The minimum absolute atomic E-state index is 0.0491. The van der Waals surface area contributed by atoms with Gasteiger partial charge in [-0.25, -0.2) is 8.42 Å². The molecular formula is C21H24N4O3S. The number of nitrogens with one attached hydrogen (secondary N) is 2. The molecule has 29 heavy (non-hydrogen) atoms. The number of aromatic nitrogens is 2. The average Bonchev–Trinajstić information content (AvgIpc) is 3.20. The molecule has 2 N–H and O–H groups in total. The Labute approximate surface area is 170 Å². The Kier molecular flexibility index (Phi) is 6.33. The number of carbonyl (C=O) groups excluding carboxylic acids is 1. The largest absolute Gasteiger partial charge is 0.352 e. The number of amides is 1. The Morgan fingerprint density at radius 1 is 1.07 bits per heavy atom. The summed E-state index contributed by atoms with van der Waals surface area (Å²) in [7, 11) is -3.80. The average molecular weight is 413 g/mol. The molecule has 3 aromatic rings. The maximum atomic E-state index is 12.8. The Morgan fingerprint density at radius 2 is 1.86 bits per heavy atom. The first kappa shape index (κ1) is 20.6. The number of nitrogens with zero attached hydrogens (tertiary/aromatic N) is 2. The molecule has 0 bridgehead atoms.